The van der Waals surface area contributed by atoms with Crippen molar-refractivity contribution in [3.8, 4) is 11.5 Å². The van der Waals surface area contributed by atoms with Crippen LogP contribution < -0.4 is 14.2 Å². The lowest BCUT2D eigenvalue weighted by Crippen LogP contribution is -2.44. The first-order valence-corrected chi connectivity index (χ1v) is 12.7. The van der Waals surface area contributed by atoms with Crippen molar-refractivity contribution in [3.05, 3.63) is 23.8 Å². The minimum absolute atomic E-state index is 0.0513. The highest BCUT2D eigenvalue weighted by molar-refractivity contribution is 7.89. The summed E-state index contributed by atoms with van der Waals surface area (Å²) in [7, 11) is -2.24. The number of nitrogens with one attached hydrogen (secondary N) is 1. The van der Waals surface area contributed by atoms with Gasteiger partial charge in [-0.15, -0.1) is 0 Å². The summed E-state index contributed by atoms with van der Waals surface area (Å²) in [5, 5.41) is 10.5. The van der Waals surface area contributed by atoms with Crippen molar-refractivity contribution in [1.29, 1.82) is 0 Å². The van der Waals surface area contributed by atoms with Crippen LogP contribution in [0.3, 0.4) is 0 Å². The predicted molar refractivity (Wildman–Crippen MR) is 116 cm³/mol. The van der Waals surface area contributed by atoms with Crippen molar-refractivity contribution in [2.45, 2.75) is 76.0 Å². The number of para-hydroxylation sites is 1. The molecule has 4 unspecified atom stereocenters. The van der Waals surface area contributed by atoms with Crippen molar-refractivity contribution in [2.24, 2.45) is 0 Å². The SMILES string of the molecule is CCCCCCCCS(=O)(=O)NC1C(O)CC2Oc3c(OCC(=O)OC)cccc3C21. The molecule has 0 bridgehead atoms. The molecule has 0 amide bonds. The van der Waals surface area contributed by atoms with Crippen molar-refractivity contribution >= 4 is 16.0 Å². The molecule has 0 spiro atoms. The Morgan fingerprint density at radius 1 is 1.23 bits per heavy atom. The average molecular weight is 456 g/mol. The van der Waals surface area contributed by atoms with E-state index in [1.807, 2.05) is 6.07 Å². The summed E-state index contributed by atoms with van der Waals surface area (Å²) in [4.78, 5) is 11.4. The van der Waals surface area contributed by atoms with E-state index in [9.17, 15) is 18.3 Å². The Morgan fingerprint density at radius 3 is 2.71 bits per heavy atom. The molecule has 174 valence electrons. The Labute approximate surface area is 184 Å². The van der Waals surface area contributed by atoms with Gasteiger partial charge in [-0.2, -0.15) is 0 Å². The normalized spacial score (nSPS) is 24.4. The van der Waals surface area contributed by atoms with Crippen LogP contribution in [0, 0.1) is 0 Å². The lowest BCUT2D eigenvalue weighted by Gasteiger charge is -2.22. The monoisotopic (exact) mass is 455 g/mol. The molecule has 1 fully saturated rings. The number of carbonyl (C=O) groups excluding carboxylic acids is 1. The quantitative estimate of drug-likeness (QED) is 0.368. The molecule has 3 rings (SSSR count). The molecule has 0 aromatic heterocycles. The van der Waals surface area contributed by atoms with Crippen LogP contribution in [0.25, 0.3) is 0 Å². The van der Waals surface area contributed by atoms with Crippen LogP contribution in [-0.4, -0.2) is 57.2 Å². The van der Waals surface area contributed by atoms with E-state index < -0.39 is 28.1 Å². The molecule has 31 heavy (non-hydrogen) atoms. The molecule has 1 heterocycles. The maximum absolute atomic E-state index is 12.7. The van der Waals surface area contributed by atoms with Crippen molar-refractivity contribution in [3.63, 3.8) is 0 Å². The third-order valence-electron chi connectivity index (χ3n) is 5.97. The van der Waals surface area contributed by atoms with Crippen LogP contribution in [0.2, 0.25) is 0 Å². The number of hydrogen-bond donors (Lipinski definition) is 2. The molecule has 1 aromatic carbocycles. The Balaban J connectivity index is 1.65. The fraction of sp³-hybridized carbons (Fsp3) is 0.682. The third kappa shape index (κ3) is 5.90. The number of aliphatic hydroxyl groups excluding tert-OH is 1. The first-order chi connectivity index (χ1) is 14.9. The molecule has 2 aliphatic rings. The summed E-state index contributed by atoms with van der Waals surface area (Å²) in [6.07, 6.45) is 5.12. The Hall–Kier alpha value is -1.84. The van der Waals surface area contributed by atoms with Gasteiger partial charge in [0.1, 0.15) is 6.10 Å². The molecule has 1 saturated carbocycles. The number of hydrogen-bond acceptors (Lipinski definition) is 7. The Morgan fingerprint density at radius 2 is 1.97 bits per heavy atom. The van der Waals surface area contributed by atoms with Gasteiger partial charge >= 0.3 is 5.97 Å². The van der Waals surface area contributed by atoms with Crippen molar-refractivity contribution < 1.29 is 32.5 Å². The zero-order valence-electron chi connectivity index (χ0n) is 18.2. The standard InChI is InChI=1S/C22H33NO7S/c1-3-4-5-6-7-8-12-31(26,27)23-21-16(24)13-18-20(21)15-10-9-11-17(22(15)30-18)29-14-19(25)28-2/h9-11,16,18,20-21,23-24H,3-8,12-14H2,1-2H3. The molecule has 1 aliphatic heterocycles. The molecule has 9 heteroatoms. The largest absolute Gasteiger partial charge is 0.485 e. The average Bonchev–Trinajstić information content (AvgIpc) is 3.24. The highest BCUT2D eigenvalue weighted by atomic mass is 32.2. The fourth-order valence-corrected chi connectivity index (χ4v) is 5.81. The van der Waals surface area contributed by atoms with Gasteiger partial charge in [0.2, 0.25) is 10.0 Å². The van der Waals surface area contributed by atoms with Gasteiger partial charge < -0.3 is 19.3 Å². The molecule has 8 nitrogen and oxygen atoms in total. The molecular weight excluding hydrogens is 422 g/mol. The minimum atomic E-state index is -3.52. The smallest absolute Gasteiger partial charge is 0.343 e. The fourth-order valence-electron chi connectivity index (χ4n) is 4.39. The van der Waals surface area contributed by atoms with Gasteiger partial charge in [-0.05, 0) is 12.5 Å². The number of benzene rings is 1. The van der Waals surface area contributed by atoms with Crippen LogP contribution in [0.4, 0.5) is 0 Å². The number of aliphatic hydroxyl groups is 1. The minimum Gasteiger partial charge on any atom is -0.485 e. The van der Waals surface area contributed by atoms with Crippen molar-refractivity contribution in [1.82, 2.24) is 4.72 Å². The molecule has 0 saturated heterocycles. The van der Waals surface area contributed by atoms with Gasteiger partial charge in [0.25, 0.3) is 0 Å². The van der Waals surface area contributed by atoms with E-state index in [1.54, 1.807) is 12.1 Å². The molecule has 2 N–H and O–H groups in total. The summed E-state index contributed by atoms with van der Waals surface area (Å²) in [5.74, 6) is 0.127. The van der Waals surface area contributed by atoms with Crippen LogP contribution in [-0.2, 0) is 19.6 Å². The van der Waals surface area contributed by atoms with E-state index in [0.717, 1.165) is 31.2 Å². The topological polar surface area (TPSA) is 111 Å². The van der Waals surface area contributed by atoms with Gasteiger partial charge in [0.05, 0.1) is 25.0 Å². The van der Waals surface area contributed by atoms with Gasteiger partial charge in [0.15, 0.2) is 18.1 Å². The van der Waals surface area contributed by atoms with Crippen LogP contribution >= 0.6 is 0 Å². The summed E-state index contributed by atoms with van der Waals surface area (Å²) in [5.41, 5.74) is 0.774. The predicted octanol–water partition coefficient (Wildman–Crippen LogP) is 2.50. The van der Waals surface area contributed by atoms with E-state index in [4.69, 9.17) is 9.47 Å². The molecule has 1 aromatic rings. The molecule has 0 radical (unpaired) electrons. The van der Waals surface area contributed by atoms with Crippen LogP contribution in [0.5, 0.6) is 11.5 Å². The van der Waals surface area contributed by atoms with E-state index >= 15 is 0 Å². The second-order valence-corrected chi connectivity index (χ2v) is 10.1. The van der Waals surface area contributed by atoms with E-state index in [1.165, 1.54) is 13.5 Å². The van der Waals surface area contributed by atoms with Crippen LogP contribution in [0.1, 0.15) is 63.4 Å². The Kier molecular flexibility index (Phi) is 8.18. The summed E-state index contributed by atoms with van der Waals surface area (Å²) in [6.45, 7) is 1.90. The van der Waals surface area contributed by atoms with Crippen molar-refractivity contribution in [2.75, 3.05) is 19.5 Å². The van der Waals surface area contributed by atoms with Gasteiger partial charge in [-0.25, -0.2) is 17.9 Å². The number of esters is 1. The number of rotatable bonds is 12. The van der Waals surface area contributed by atoms with Crippen LogP contribution in [0.15, 0.2) is 18.2 Å². The zero-order valence-corrected chi connectivity index (χ0v) is 19.0. The molecule has 1 aliphatic carbocycles. The number of fused-ring (bicyclic) bond motifs is 3. The van der Waals surface area contributed by atoms with E-state index in [2.05, 4.69) is 16.4 Å². The van der Waals surface area contributed by atoms with Gasteiger partial charge in [0, 0.05) is 17.9 Å². The number of carbonyl (C=O) groups is 1. The lowest BCUT2D eigenvalue weighted by atomic mass is 9.94. The second-order valence-electron chi connectivity index (χ2n) is 8.25. The first-order valence-electron chi connectivity index (χ1n) is 11.0. The maximum atomic E-state index is 12.7. The third-order valence-corrected chi connectivity index (χ3v) is 7.43. The molecular formula is C22H33NO7S. The highest BCUT2D eigenvalue weighted by Gasteiger charge is 2.51. The second kappa shape index (κ2) is 10.7. The molecule has 4 atom stereocenters. The first kappa shape index (κ1) is 23.8. The maximum Gasteiger partial charge on any atom is 0.343 e. The summed E-state index contributed by atoms with van der Waals surface area (Å²) >= 11 is 0. The lowest BCUT2D eigenvalue weighted by molar-refractivity contribution is -0.142. The number of methoxy groups -OCH3 is 1. The number of ether oxygens (including phenoxy) is 3. The van der Waals surface area contributed by atoms with E-state index in [0.29, 0.717) is 24.3 Å². The van der Waals surface area contributed by atoms with Gasteiger partial charge in [-0.1, -0.05) is 51.2 Å². The van der Waals surface area contributed by atoms with Gasteiger partial charge in [-0.3, -0.25) is 0 Å². The number of sulfonamides is 1. The summed E-state index contributed by atoms with van der Waals surface area (Å²) in [6, 6.07) is 4.64. The highest BCUT2D eigenvalue weighted by Crippen LogP contribution is 2.51. The zero-order chi connectivity index (χ0) is 22.4. The Bertz CT molecular complexity index is 857. The van der Waals surface area contributed by atoms with E-state index in [-0.39, 0.29) is 24.4 Å². The summed E-state index contributed by atoms with van der Waals surface area (Å²) < 4.78 is 44.2. The number of unbranched alkanes of at least 4 members (excludes halogenated alkanes) is 5.